The molecule has 9 nitrogen and oxygen atoms in total. The molecule has 0 bridgehead atoms. The van der Waals surface area contributed by atoms with Crippen molar-refractivity contribution in [3.8, 4) is 22.8 Å². The van der Waals surface area contributed by atoms with Gasteiger partial charge in [0.15, 0.2) is 0 Å². The molecule has 0 saturated carbocycles. The van der Waals surface area contributed by atoms with Gasteiger partial charge < -0.3 is 5.73 Å². The van der Waals surface area contributed by atoms with Crippen LogP contribution in [0.5, 0.6) is 0 Å². The maximum Gasteiger partial charge on any atom is 0.247 e. The Morgan fingerprint density at radius 2 is 1.81 bits per heavy atom. The van der Waals surface area contributed by atoms with Crippen LogP contribution in [-0.2, 0) is 9.84 Å². The highest BCUT2D eigenvalue weighted by atomic mass is 32.2. The fourth-order valence-electron chi connectivity index (χ4n) is 2.69. The van der Waals surface area contributed by atoms with E-state index >= 15 is 0 Å². The minimum Gasteiger partial charge on any atom is -0.384 e. The Morgan fingerprint density at radius 3 is 2.56 bits per heavy atom. The van der Waals surface area contributed by atoms with Crippen LogP contribution in [0.1, 0.15) is 5.69 Å². The smallest absolute Gasteiger partial charge is 0.247 e. The van der Waals surface area contributed by atoms with Crippen LogP contribution < -0.4 is 5.73 Å². The Morgan fingerprint density at radius 1 is 1.00 bits per heavy atom. The van der Waals surface area contributed by atoms with E-state index in [1.165, 1.54) is 6.20 Å². The van der Waals surface area contributed by atoms with Crippen LogP contribution in [0.3, 0.4) is 0 Å². The summed E-state index contributed by atoms with van der Waals surface area (Å²) in [4.78, 5) is 21.4. The van der Waals surface area contributed by atoms with E-state index in [4.69, 9.17) is 5.73 Å². The van der Waals surface area contributed by atoms with E-state index in [2.05, 4.69) is 24.9 Å². The zero-order chi connectivity index (χ0) is 19.2. The third kappa shape index (κ3) is 3.10. The van der Waals surface area contributed by atoms with E-state index in [-0.39, 0.29) is 5.16 Å². The van der Waals surface area contributed by atoms with Crippen LogP contribution in [0.15, 0.2) is 47.9 Å². The monoisotopic (exact) mass is 381 g/mol. The van der Waals surface area contributed by atoms with Crippen molar-refractivity contribution in [3.05, 3.63) is 48.4 Å². The number of hydrogen-bond acceptors (Lipinski definition) is 8. The van der Waals surface area contributed by atoms with Gasteiger partial charge in [-0.2, -0.15) is 4.98 Å². The summed E-state index contributed by atoms with van der Waals surface area (Å²) in [6.45, 7) is 1.88. The van der Waals surface area contributed by atoms with Crippen molar-refractivity contribution < 1.29 is 8.42 Å². The third-order valence-corrected chi connectivity index (χ3v) is 4.71. The lowest BCUT2D eigenvalue weighted by atomic mass is 10.1. The molecular formula is C17H15N7O2S. The molecule has 10 heteroatoms. The number of nitrogens with zero attached hydrogens (tertiary/aromatic N) is 6. The van der Waals surface area contributed by atoms with E-state index in [0.29, 0.717) is 34.4 Å². The predicted molar refractivity (Wildman–Crippen MR) is 99.5 cm³/mol. The molecule has 0 aliphatic rings. The molecule has 0 fully saturated rings. The molecule has 0 spiro atoms. The number of aryl methyl sites for hydroxylation is 1. The van der Waals surface area contributed by atoms with Crippen molar-refractivity contribution >= 4 is 21.4 Å². The summed E-state index contributed by atoms with van der Waals surface area (Å²) < 4.78 is 25.4. The number of nitrogens with two attached hydrogens (primary N) is 1. The molecule has 4 aromatic rings. The van der Waals surface area contributed by atoms with E-state index in [0.717, 1.165) is 11.9 Å². The minimum atomic E-state index is -3.56. The highest BCUT2D eigenvalue weighted by Gasteiger charge is 2.21. The Balaban J connectivity index is 2.06. The number of pyridine rings is 1. The number of sulfone groups is 1. The summed E-state index contributed by atoms with van der Waals surface area (Å²) in [5.41, 5.74) is 8.69. The van der Waals surface area contributed by atoms with Gasteiger partial charge in [-0.1, -0.05) is 6.07 Å². The van der Waals surface area contributed by atoms with Gasteiger partial charge in [-0.05, 0) is 31.2 Å². The van der Waals surface area contributed by atoms with Crippen molar-refractivity contribution in [2.75, 3.05) is 12.0 Å². The second-order valence-corrected chi connectivity index (χ2v) is 7.90. The molecule has 27 heavy (non-hydrogen) atoms. The molecule has 0 aliphatic heterocycles. The average molecular weight is 381 g/mol. The van der Waals surface area contributed by atoms with Crippen LogP contribution in [-0.4, -0.2) is 44.0 Å². The number of imidazole rings is 1. The molecule has 136 valence electrons. The molecule has 4 rings (SSSR count). The van der Waals surface area contributed by atoms with Gasteiger partial charge >= 0.3 is 0 Å². The molecular weight excluding hydrogens is 366 g/mol. The van der Waals surface area contributed by atoms with Crippen molar-refractivity contribution in [1.29, 1.82) is 0 Å². The lowest BCUT2D eigenvalue weighted by Crippen LogP contribution is -2.05. The van der Waals surface area contributed by atoms with Gasteiger partial charge in [-0.25, -0.2) is 23.4 Å². The van der Waals surface area contributed by atoms with E-state index in [1.54, 1.807) is 22.7 Å². The maximum atomic E-state index is 11.9. The maximum absolute atomic E-state index is 11.9. The summed E-state index contributed by atoms with van der Waals surface area (Å²) in [5, 5.41) is -0.262. The number of aromatic nitrogens is 6. The first-order valence-corrected chi connectivity index (χ1v) is 9.84. The standard InChI is InChI=1S/C17H15N7O2S/c1-10-4-3-5-11(20-10)14-15(24-9-7-13(18)22-16(24)23-14)12-6-8-19-17(21-12)27(2,25)26/h3-9H,1-2H3,(H2,18,22,23). The van der Waals surface area contributed by atoms with Crippen molar-refractivity contribution in [2.45, 2.75) is 12.1 Å². The Labute approximate surface area is 154 Å². The van der Waals surface area contributed by atoms with Crippen LogP contribution in [0.4, 0.5) is 5.82 Å². The normalized spacial score (nSPS) is 11.8. The van der Waals surface area contributed by atoms with Crippen molar-refractivity contribution in [3.63, 3.8) is 0 Å². The molecule has 4 aromatic heterocycles. The quantitative estimate of drug-likeness (QED) is 0.529. The first-order valence-electron chi connectivity index (χ1n) is 7.95. The lowest BCUT2D eigenvalue weighted by molar-refractivity contribution is 0.593. The molecule has 0 atom stereocenters. The topological polar surface area (TPSA) is 129 Å². The lowest BCUT2D eigenvalue weighted by Gasteiger charge is -2.06. The molecule has 0 aliphatic carbocycles. The van der Waals surface area contributed by atoms with Crippen molar-refractivity contribution in [1.82, 2.24) is 29.3 Å². The van der Waals surface area contributed by atoms with E-state index < -0.39 is 9.84 Å². The van der Waals surface area contributed by atoms with E-state index in [1.807, 2.05) is 25.1 Å². The summed E-state index contributed by atoms with van der Waals surface area (Å²) in [7, 11) is -3.56. The Kier molecular flexibility index (Phi) is 3.84. The molecule has 4 heterocycles. The van der Waals surface area contributed by atoms with Gasteiger partial charge in [0.05, 0.1) is 11.4 Å². The second kappa shape index (κ2) is 6.09. The molecule has 0 saturated heterocycles. The summed E-state index contributed by atoms with van der Waals surface area (Å²) in [6, 6.07) is 8.81. The van der Waals surface area contributed by atoms with Gasteiger partial charge in [0.1, 0.15) is 17.2 Å². The van der Waals surface area contributed by atoms with Crippen LogP contribution in [0.2, 0.25) is 0 Å². The number of anilines is 1. The predicted octanol–water partition coefficient (Wildman–Crippen LogP) is 1.54. The van der Waals surface area contributed by atoms with Crippen LogP contribution in [0, 0.1) is 6.92 Å². The van der Waals surface area contributed by atoms with Gasteiger partial charge in [0.25, 0.3) is 0 Å². The highest BCUT2D eigenvalue weighted by Crippen LogP contribution is 2.30. The van der Waals surface area contributed by atoms with Crippen LogP contribution in [0.25, 0.3) is 28.6 Å². The first-order chi connectivity index (χ1) is 12.8. The number of nitrogen functional groups attached to an aromatic ring is 1. The number of hydrogen-bond donors (Lipinski definition) is 1. The van der Waals surface area contributed by atoms with Gasteiger partial charge in [-0.15, -0.1) is 0 Å². The van der Waals surface area contributed by atoms with Gasteiger partial charge in [0.2, 0.25) is 20.8 Å². The third-order valence-electron chi connectivity index (χ3n) is 3.85. The summed E-state index contributed by atoms with van der Waals surface area (Å²) in [6.07, 6.45) is 4.17. The molecule has 0 amide bonds. The Hall–Kier alpha value is -3.40. The largest absolute Gasteiger partial charge is 0.384 e. The van der Waals surface area contributed by atoms with Crippen molar-refractivity contribution in [2.24, 2.45) is 0 Å². The zero-order valence-corrected chi connectivity index (χ0v) is 15.3. The molecule has 0 unspecified atom stereocenters. The Bertz CT molecular complexity index is 1280. The molecule has 0 aromatic carbocycles. The fourth-order valence-corrected chi connectivity index (χ4v) is 3.21. The van der Waals surface area contributed by atoms with E-state index in [9.17, 15) is 8.42 Å². The fraction of sp³-hybridized carbons (Fsp3) is 0.118. The SMILES string of the molecule is Cc1cccc(-c2nc3nc(N)ccn3c2-c2ccnc(S(C)(=O)=O)n2)n1. The van der Waals surface area contributed by atoms with Crippen LogP contribution >= 0.6 is 0 Å². The second-order valence-electron chi connectivity index (χ2n) is 5.99. The first kappa shape index (κ1) is 17.0. The summed E-state index contributed by atoms with van der Waals surface area (Å²) in [5.74, 6) is 0.685. The molecule has 2 N–H and O–H groups in total. The minimum absolute atomic E-state index is 0.262. The number of fused-ring (bicyclic) bond motifs is 1. The summed E-state index contributed by atoms with van der Waals surface area (Å²) >= 11 is 0. The van der Waals surface area contributed by atoms with Gasteiger partial charge in [-0.3, -0.25) is 9.38 Å². The average Bonchev–Trinajstić information content (AvgIpc) is 2.99. The number of rotatable bonds is 3. The zero-order valence-electron chi connectivity index (χ0n) is 14.5. The molecule has 0 radical (unpaired) electrons. The highest BCUT2D eigenvalue weighted by molar-refractivity contribution is 7.90. The van der Waals surface area contributed by atoms with Gasteiger partial charge in [0, 0.05) is 24.3 Å².